The Morgan fingerprint density at radius 2 is 2.12 bits per heavy atom. The highest BCUT2D eigenvalue weighted by molar-refractivity contribution is 7.89. The van der Waals surface area contributed by atoms with E-state index in [4.69, 9.17) is 4.74 Å². The second-order valence-corrected chi connectivity index (χ2v) is 7.76. The number of hydrogen-bond acceptors (Lipinski definition) is 6. The van der Waals surface area contributed by atoms with Gasteiger partial charge in [-0.05, 0) is 31.4 Å². The van der Waals surface area contributed by atoms with E-state index in [1.807, 2.05) is 0 Å². The maximum atomic E-state index is 12.9. The molecule has 2 saturated heterocycles. The van der Waals surface area contributed by atoms with Crippen molar-refractivity contribution in [3.8, 4) is 5.75 Å². The number of ether oxygens (including phenoxy) is 1. The first-order valence-electron chi connectivity index (χ1n) is 7.49. The third-order valence-corrected chi connectivity index (χ3v) is 6.48. The summed E-state index contributed by atoms with van der Waals surface area (Å²) >= 11 is 0. The van der Waals surface area contributed by atoms with Crippen LogP contribution in [0, 0.1) is 16.0 Å². The van der Waals surface area contributed by atoms with Gasteiger partial charge < -0.3 is 10.1 Å². The second-order valence-electron chi connectivity index (χ2n) is 5.85. The van der Waals surface area contributed by atoms with Gasteiger partial charge in [0.15, 0.2) is 0 Å². The number of nitrogens with one attached hydrogen (secondary N) is 1. The van der Waals surface area contributed by atoms with Crippen molar-refractivity contribution in [1.29, 1.82) is 0 Å². The molecule has 0 amide bonds. The zero-order chi connectivity index (χ0) is 16.6. The summed E-state index contributed by atoms with van der Waals surface area (Å²) < 4.78 is 32.4. The fourth-order valence-electron chi connectivity index (χ4n) is 3.35. The van der Waals surface area contributed by atoms with E-state index in [0.717, 1.165) is 25.5 Å². The number of piperidine rings is 1. The van der Waals surface area contributed by atoms with Crippen LogP contribution in [0.1, 0.15) is 12.8 Å². The van der Waals surface area contributed by atoms with Gasteiger partial charge in [0.1, 0.15) is 10.6 Å². The molecule has 1 aromatic rings. The molecule has 1 N–H and O–H groups in total. The van der Waals surface area contributed by atoms with Crippen molar-refractivity contribution >= 4 is 28.1 Å². The smallest absolute Gasteiger partial charge is 0.271 e. The van der Waals surface area contributed by atoms with Crippen LogP contribution < -0.4 is 10.1 Å². The van der Waals surface area contributed by atoms with Crippen LogP contribution in [0.4, 0.5) is 5.69 Å². The van der Waals surface area contributed by atoms with E-state index < -0.39 is 14.9 Å². The van der Waals surface area contributed by atoms with Crippen molar-refractivity contribution in [2.45, 2.75) is 23.8 Å². The predicted octanol–water partition coefficient (Wildman–Crippen LogP) is 1.40. The van der Waals surface area contributed by atoms with Crippen LogP contribution in [0.5, 0.6) is 5.75 Å². The predicted molar refractivity (Wildman–Crippen MR) is 90.2 cm³/mol. The van der Waals surface area contributed by atoms with E-state index in [-0.39, 0.29) is 28.7 Å². The zero-order valence-electron chi connectivity index (χ0n) is 13.2. The average Bonchev–Trinajstić information content (AvgIpc) is 3.01. The van der Waals surface area contributed by atoms with Gasteiger partial charge in [-0.25, -0.2) is 8.42 Å². The molecule has 2 atom stereocenters. The van der Waals surface area contributed by atoms with Crippen LogP contribution in [-0.4, -0.2) is 50.4 Å². The monoisotopic (exact) mass is 377 g/mol. The minimum atomic E-state index is -3.82. The van der Waals surface area contributed by atoms with Gasteiger partial charge in [-0.3, -0.25) is 10.1 Å². The number of nitrogens with zero attached hydrogens (tertiary/aromatic N) is 2. The molecule has 2 aliphatic heterocycles. The molecule has 3 rings (SSSR count). The van der Waals surface area contributed by atoms with Gasteiger partial charge in [-0.1, -0.05) is 0 Å². The van der Waals surface area contributed by atoms with Crippen molar-refractivity contribution in [2.75, 3.05) is 26.7 Å². The van der Waals surface area contributed by atoms with Crippen LogP contribution >= 0.6 is 12.4 Å². The first-order chi connectivity index (χ1) is 10.9. The Balaban J connectivity index is 0.00000208. The number of fused-ring (bicyclic) bond motifs is 1. The molecule has 0 saturated carbocycles. The molecule has 2 heterocycles. The maximum absolute atomic E-state index is 12.9. The first-order valence-corrected chi connectivity index (χ1v) is 8.93. The third-order valence-electron chi connectivity index (χ3n) is 4.59. The molecule has 8 nitrogen and oxygen atoms in total. The minimum Gasteiger partial charge on any atom is -0.495 e. The summed E-state index contributed by atoms with van der Waals surface area (Å²) in [6, 6.07) is 4.01. The number of hydrogen-bond donors (Lipinski definition) is 1. The number of halogens is 1. The van der Waals surface area contributed by atoms with Gasteiger partial charge in [0, 0.05) is 31.3 Å². The number of nitro benzene ring substituents is 1. The fourth-order valence-corrected chi connectivity index (χ4v) is 5.04. The Morgan fingerprint density at radius 1 is 1.38 bits per heavy atom. The Hall–Kier alpha value is -1.42. The topological polar surface area (TPSA) is 102 Å². The van der Waals surface area contributed by atoms with Crippen molar-refractivity contribution in [3.63, 3.8) is 0 Å². The van der Waals surface area contributed by atoms with Crippen molar-refractivity contribution in [1.82, 2.24) is 9.62 Å². The Bertz CT molecular complexity index is 727. The molecular weight excluding hydrogens is 358 g/mol. The highest BCUT2D eigenvalue weighted by atomic mass is 35.5. The van der Waals surface area contributed by atoms with E-state index in [0.29, 0.717) is 25.0 Å². The van der Waals surface area contributed by atoms with Crippen LogP contribution in [0.2, 0.25) is 0 Å². The van der Waals surface area contributed by atoms with Gasteiger partial charge in [0.25, 0.3) is 5.69 Å². The summed E-state index contributed by atoms with van der Waals surface area (Å²) in [6.45, 7) is 1.75. The van der Waals surface area contributed by atoms with Gasteiger partial charge in [-0.15, -0.1) is 12.4 Å². The van der Waals surface area contributed by atoms with Crippen LogP contribution in [0.3, 0.4) is 0 Å². The van der Waals surface area contributed by atoms with Crippen molar-refractivity contribution < 1.29 is 18.1 Å². The van der Waals surface area contributed by atoms with Crippen LogP contribution in [-0.2, 0) is 10.0 Å². The molecule has 1 aromatic carbocycles. The van der Waals surface area contributed by atoms with Gasteiger partial charge in [0.2, 0.25) is 10.0 Å². The summed E-state index contributed by atoms with van der Waals surface area (Å²) in [5, 5.41) is 14.3. The lowest BCUT2D eigenvalue weighted by molar-refractivity contribution is -0.385. The molecule has 2 unspecified atom stereocenters. The number of rotatable bonds is 4. The summed E-state index contributed by atoms with van der Waals surface area (Å²) in [4.78, 5) is 10.2. The molecule has 0 radical (unpaired) electrons. The van der Waals surface area contributed by atoms with Crippen LogP contribution in [0.25, 0.3) is 0 Å². The molecule has 134 valence electrons. The summed E-state index contributed by atoms with van der Waals surface area (Å²) in [5.41, 5.74) is -0.262. The maximum Gasteiger partial charge on any atom is 0.271 e. The lowest BCUT2D eigenvalue weighted by Gasteiger charge is -2.34. The third kappa shape index (κ3) is 3.34. The molecule has 0 aromatic heterocycles. The summed E-state index contributed by atoms with van der Waals surface area (Å²) in [6.07, 6.45) is 1.70. The second kappa shape index (κ2) is 7.22. The van der Waals surface area contributed by atoms with Gasteiger partial charge in [0.05, 0.1) is 12.0 Å². The molecule has 2 aliphatic rings. The minimum absolute atomic E-state index is 0. The molecule has 0 spiro atoms. The molecule has 2 fully saturated rings. The number of methoxy groups -OCH3 is 1. The average molecular weight is 378 g/mol. The Labute approximate surface area is 146 Å². The zero-order valence-corrected chi connectivity index (χ0v) is 14.8. The first kappa shape index (κ1) is 18.9. The van der Waals surface area contributed by atoms with Crippen LogP contribution in [0.15, 0.2) is 23.1 Å². The number of benzene rings is 1. The summed E-state index contributed by atoms with van der Waals surface area (Å²) in [7, 11) is -2.47. The van der Waals surface area contributed by atoms with E-state index in [1.165, 1.54) is 23.5 Å². The molecule has 24 heavy (non-hydrogen) atoms. The van der Waals surface area contributed by atoms with E-state index >= 15 is 0 Å². The van der Waals surface area contributed by atoms with Crippen molar-refractivity contribution in [3.05, 3.63) is 28.3 Å². The van der Waals surface area contributed by atoms with E-state index in [9.17, 15) is 18.5 Å². The lowest BCUT2D eigenvalue weighted by atomic mass is 9.95. The summed E-state index contributed by atoms with van der Waals surface area (Å²) in [5.74, 6) is 0.422. The fraction of sp³-hybridized carbons (Fsp3) is 0.571. The molecule has 0 bridgehead atoms. The largest absolute Gasteiger partial charge is 0.495 e. The normalized spacial score (nSPS) is 24.0. The molecule has 10 heteroatoms. The Morgan fingerprint density at radius 3 is 2.79 bits per heavy atom. The lowest BCUT2D eigenvalue weighted by Crippen LogP contribution is -2.46. The molecular formula is C14H20ClN3O5S. The van der Waals surface area contributed by atoms with Crippen molar-refractivity contribution in [2.24, 2.45) is 5.92 Å². The van der Waals surface area contributed by atoms with Gasteiger partial charge in [-0.2, -0.15) is 4.31 Å². The van der Waals surface area contributed by atoms with Gasteiger partial charge >= 0.3 is 0 Å². The Kier molecular flexibility index (Phi) is 5.69. The molecule has 0 aliphatic carbocycles. The number of sulfonamides is 1. The quantitative estimate of drug-likeness (QED) is 0.628. The number of nitro groups is 1. The van der Waals surface area contributed by atoms with E-state index in [1.54, 1.807) is 0 Å². The SMILES string of the molecule is COc1ccc([N+](=O)[O-])cc1S(=O)(=O)N1CCC2NCCC2C1.Cl. The highest BCUT2D eigenvalue weighted by Crippen LogP contribution is 2.34. The number of non-ortho nitro benzene ring substituents is 1. The standard InChI is InChI=1S/C14H19N3O5S.ClH/c1-22-13-3-2-11(17(18)19)8-14(13)23(20,21)16-7-5-12-10(9-16)4-6-15-12;/h2-3,8,10,12,15H,4-7,9H2,1H3;1H. The van der Waals surface area contributed by atoms with E-state index in [2.05, 4.69) is 5.32 Å². The highest BCUT2D eigenvalue weighted by Gasteiger charge is 2.39.